The predicted molar refractivity (Wildman–Crippen MR) is 90.9 cm³/mol. The highest BCUT2D eigenvalue weighted by Crippen LogP contribution is 2.24. The van der Waals surface area contributed by atoms with Crippen LogP contribution in [0.15, 0.2) is 35.7 Å². The zero-order chi connectivity index (χ0) is 16.1. The number of hydrogen-bond acceptors (Lipinski definition) is 3. The summed E-state index contributed by atoms with van der Waals surface area (Å²) >= 11 is 7.40. The zero-order valence-electron chi connectivity index (χ0n) is 12.4. The van der Waals surface area contributed by atoms with E-state index in [1.54, 1.807) is 23.1 Å². The molecule has 0 fully saturated rings. The Kier molecular flexibility index (Phi) is 5.57. The van der Waals surface area contributed by atoms with Crippen molar-refractivity contribution < 1.29 is 9.59 Å². The molecule has 0 aliphatic heterocycles. The summed E-state index contributed by atoms with van der Waals surface area (Å²) < 4.78 is 0. The molecule has 2 amide bonds. The quantitative estimate of drug-likeness (QED) is 0.908. The molecule has 1 heterocycles. The van der Waals surface area contributed by atoms with Crippen molar-refractivity contribution in [2.75, 3.05) is 18.0 Å². The van der Waals surface area contributed by atoms with Crippen LogP contribution in [0.3, 0.4) is 0 Å². The van der Waals surface area contributed by atoms with Crippen LogP contribution in [-0.2, 0) is 4.79 Å². The number of benzene rings is 1. The van der Waals surface area contributed by atoms with Gasteiger partial charge in [-0.05, 0) is 36.1 Å². The maximum atomic E-state index is 11.9. The molecule has 0 spiro atoms. The molecule has 1 aromatic carbocycles. The smallest absolute Gasteiger partial charge is 0.261 e. The minimum absolute atomic E-state index is 0.0873. The number of halogens is 1. The monoisotopic (exact) mass is 336 g/mol. The summed E-state index contributed by atoms with van der Waals surface area (Å²) in [5, 5.41) is 5.25. The fourth-order valence-corrected chi connectivity index (χ4v) is 2.90. The standard InChI is InChI=1S/C16H17ClN2O2S/c1-11-5-6-13(17)10-14(11)19(12(2)20)8-7-18-16(21)15-4-3-9-22-15/h3-6,9-10H,7-8H2,1-2H3,(H,18,21). The minimum Gasteiger partial charge on any atom is -0.350 e. The Balaban J connectivity index is 2.02. The molecule has 0 aliphatic carbocycles. The van der Waals surface area contributed by atoms with Crippen LogP contribution in [0.1, 0.15) is 22.2 Å². The number of nitrogens with zero attached hydrogens (tertiary/aromatic N) is 1. The van der Waals surface area contributed by atoms with Crippen molar-refractivity contribution in [1.82, 2.24) is 5.32 Å². The van der Waals surface area contributed by atoms with Gasteiger partial charge in [-0.3, -0.25) is 9.59 Å². The summed E-state index contributed by atoms with van der Waals surface area (Å²) in [6.07, 6.45) is 0. The molecule has 0 radical (unpaired) electrons. The first-order chi connectivity index (χ1) is 10.5. The molecule has 22 heavy (non-hydrogen) atoms. The van der Waals surface area contributed by atoms with Gasteiger partial charge in [-0.1, -0.05) is 23.7 Å². The lowest BCUT2D eigenvalue weighted by molar-refractivity contribution is -0.116. The van der Waals surface area contributed by atoms with Crippen LogP contribution in [0.5, 0.6) is 0 Å². The van der Waals surface area contributed by atoms with E-state index < -0.39 is 0 Å². The van der Waals surface area contributed by atoms with E-state index in [1.807, 2.05) is 24.4 Å². The third kappa shape index (κ3) is 4.08. The van der Waals surface area contributed by atoms with Gasteiger partial charge in [-0.15, -0.1) is 11.3 Å². The van der Waals surface area contributed by atoms with Crippen molar-refractivity contribution in [3.05, 3.63) is 51.2 Å². The number of hydrogen-bond donors (Lipinski definition) is 1. The van der Waals surface area contributed by atoms with Crippen molar-refractivity contribution >= 4 is 40.4 Å². The van der Waals surface area contributed by atoms with Gasteiger partial charge in [0.1, 0.15) is 0 Å². The first kappa shape index (κ1) is 16.5. The molecule has 1 N–H and O–H groups in total. The number of thiophene rings is 1. The van der Waals surface area contributed by atoms with Crippen molar-refractivity contribution in [2.24, 2.45) is 0 Å². The van der Waals surface area contributed by atoms with Crippen LogP contribution in [0.2, 0.25) is 5.02 Å². The van der Waals surface area contributed by atoms with E-state index in [9.17, 15) is 9.59 Å². The number of nitrogens with one attached hydrogen (secondary N) is 1. The van der Waals surface area contributed by atoms with Crippen LogP contribution in [-0.4, -0.2) is 24.9 Å². The van der Waals surface area contributed by atoms with Gasteiger partial charge < -0.3 is 10.2 Å². The average Bonchev–Trinajstić information content (AvgIpc) is 3.00. The van der Waals surface area contributed by atoms with Crippen molar-refractivity contribution in [3.8, 4) is 0 Å². The predicted octanol–water partition coefficient (Wildman–Crippen LogP) is 3.49. The molecule has 6 heteroatoms. The highest BCUT2D eigenvalue weighted by Gasteiger charge is 2.15. The van der Waals surface area contributed by atoms with Crippen LogP contribution in [0.4, 0.5) is 5.69 Å². The fourth-order valence-electron chi connectivity index (χ4n) is 2.10. The van der Waals surface area contributed by atoms with E-state index in [0.717, 1.165) is 11.3 Å². The average molecular weight is 337 g/mol. The Morgan fingerprint density at radius 1 is 1.32 bits per heavy atom. The van der Waals surface area contributed by atoms with E-state index in [4.69, 9.17) is 11.6 Å². The molecule has 0 unspecified atom stereocenters. The summed E-state index contributed by atoms with van der Waals surface area (Å²) in [7, 11) is 0. The van der Waals surface area contributed by atoms with Crippen molar-refractivity contribution in [1.29, 1.82) is 0 Å². The first-order valence-electron chi connectivity index (χ1n) is 6.85. The van der Waals surface area contributed by atoms with Crippen molar-refractivity contribution in [3.63, 3.8) is 0 Å². The van der Waals surface area contributed by atoms with Gasteiger partial charge in [0.05, 0.1) is 4.88 Å². The Bertz CT molecular complexity index is 671. The second-order valence-electron chi connectivity index (χ2n) is 4.83. The molecule has 0 bridgehead atoms. The Labute approximate surface area is 138 Å². The van der Waals surface area contributed by atoms with Crippen LogP contribution in [0.25, 0.3) is 0 Å². The number of anilines is 1. The largest absolute Gasteiger partial charge is 0.350 e. The normalized spacial score (nSPS) is 10.3. The van der Waals surface area contributed by atoms with E-state index in [-0.39, 0.29) is 11.8 Å². The van der Waals surface area contributed by atoms with Gasteiger partial charge in [-0.2, -0.15) is 0 Å². The van der Waals surface area contributed by atoms with Crippen LogP contribution in [0, 0.1) is 6.92 Å². The molecule has 2 aromatic rings. The van der Waals surface area contributed by atoms with Gasteiger partial charge in [0.15, 0.2) is 0 Å². The molecule has 2 rings (SSSR count). The molecule has 1 aromatic heterocycles. The molecule has 0 saturated heterocycles. The van der Waals surface area contributed by atoms with Gasteiger partial charge >= 0.3 is 0 Å². The lowest BCUT2D eigenvalue weighted by Gasteiger charge is -2.23. The van der Waals surface area contributed by atoms with Gasteiger partial charge in [-0.25, -0.2) is 0 Å². The summed E-state index contributed by atoms with van der Waals surface area (Å²) in [6.45, 7) is 4.20. The van der Waals surface area contributed by atoms with Crippen LogP contribution >= 0.6 is 22.9 Å². The molecule has 4 nitrogen and oxygen atoms in total. The fraction of sp³-hybridized carbons (Fsp3) is 0.250. The SMILES string of the molecule is CC(=O)N(CCNC(=O)c1cccs1)c1cc(Cl)ccc1C. The third-order valence-corrected chi connectivity index (χ3v) is 4.31. The maximum Gasteiger partial charge on any atom is 0.261 e. The van der Waals surface area contributed by atoms with Gasteiger partial charge in [0.25, 0.3) is 5.91 Å². The Hall–Kier alpha value is -1.85. The van der Waals surface area contributed by atoms with Gasteiger partial charge in [0.2, 0.25) is 5.91 Å². The second kappa shape index (κ2) is 7.42. The lowest BCUT2D eigenvalue weighted by atomic mass is 10.2. The highest BCUT2D eigenvalue weighted by molar-refractivity contribution is 7.12. The number of aryl methyl sites for hydroxylation is 1. The van der Waals surface area contributed by atoms with E-state index in [0.29, 0.717) is 23.0 Å². The highest BCUT2D eigenvalue weighted by atomic mass is 35.5. The summed E-state index contributed by atoms with van der Waals surface area (Å²) in [5.41, 5.74) is 1.73. The Morgan fingerprint density at radius 2 is 2.09 bits per heavy atom. The number of carbonyl (C=O) groups is 2. The molecule has 0 atom stereocenters. The summed E-state index contributed by atoms with van der Waals surface area (Å²) in [4.78, 5) is 26.1. The summed E-state index contributed by atoms with van der Waals surface area (Å²) in [6, 6.07) is 9.02. The minimum atomic E-state index is -0.124. The molecule has 0 aliphatic rings. The molecular weight excluding hydrogens is 320 g/mol. The topological polar surface area (TPSA) is 49.4 Å². The first-order valence-corrected chi connectivity index (χ1v) is 8.11. The Morgan fingerprint density at radius 3 is 2.73 bits per heavy atom. The lowest BCUT2D eigenvalue weighted by Crippen LogP contribution is -2.37. The van der Waals surface area contributed by atoms with E-state index >= 15 is 0 Å². The van der Waals surface area contributed by atoms with E-state index in [2.05, 4.69) is 5.32 Å². The van der Waals surface area contributed by atoms with Gasteiger partial charge in [0, 0.05) is 30.7 Å². The summed E-state index contributed by atoms with van der Waals surface area (Å²) in [5.74, 6) is -0.211. The molecule has 0 saturated carbocycles. The van der Waals surface area contributed by atoms with Crippen LogP contribution < -0.4 is 10.2 Å². The number of carbonyl (C=O) groups excluding carboxylic acids is 2. The number of amides is 2. The maximum absolute atomic E-state index is 11.9. The van der Waals surface area contributed by atoms with Crippen molar-refractivity contribution in [2.45, 2.75) is 13.8 Å². The number of rotatable bonds is 5. The third-order valence-electron chi connectivity index (χ3n) is 3.21. The molecule has 116 valence electrons. The second-order valence-corrected chi connectivity index (χ2v) is 6.22. The van der Waals surface area contributed by atoms with E-state index in [1.165, 1.54) is 18.3 Å². The molecular formula is C16H17ClN2O2S. The zero-order valence-corrected chi connectivity index (χ0v) is 14.0.